The molecule has 1 atom stereocenters. The standard InChI is InChI=1S/C20H29N5O2/c1-20(2,3)27-19(26)25-12-8-9-14(25)13-24(5)18-17(21-4)22-15-10-6-7-11-16(15)23-18/h6-7,10-11,14H,8-9,12-13H2,1-5H3,(H,21,22)/t14-/m1/s1. The van der Waals surface area contributed by atoms with Crippen LogP contribution in [0.1, 0.15) is 33.6 Å². The molecular weight excluding hydrogens is 342 g/mol. The summed E-state index contributed by atoms with van der Waals surface area (Å²) in [5.74, 6) is 1.52. The Morgan fingerprint density at radius 1 is 1.30 bits per heavy atom. The van der Waals surface area contributed by atoms with E-state index in [9.17, 15) is 4.79 Å². The molecule has 7 nitrogen and oxygen atoms in total. The number of ether oxygens (including phenoxy) is 1. The zero-order valence-corrected chi connectivity index (χ0v) is 16.8. The number of likely N-dealkylation sites (tertiary alicyclic amines) is 1. The molecule has 1 aromatic carbocycles. The highest BCUT2D eigenvalue weighted by atomic mass is 16.6. The summed E-state index contributed by atoms with van der Waals surface area (Å²) in [7, 11) is 3.84. The van der Waals surface area contributed by atoms with Crippen molar-refractivity contribution in [2.75, 3.05) is 37.4 Å². The van der Waals surface area contributed by atoms with Crippen LogP contribution in [-0.4, -0.2) is 59.8 Å². The van der Waals surface area contributed by atoms with E-state index in [2.05, 4.69) is 15.2 Å². The molecule has 3 rings (SSSR count). The van der Waals surface area contributed by atoms with Gasteiger partial charge in [0.1, 0.15) is 5.60 Å². The average Bonchev–Trinajstić information content (AvgIpc) is 3.07. The van der Waals surface area contributed by atoms with Gasteiger partial charge in [0.2, 0.25) is 0 Å². The van der Waals surface area contributed by atoms with Crippen molar-refractivity contribution >= 4 is 28.8 Å². The molecule has 27 heavy (non-hydrogen) atoms. The molecule has 2 aromatic rings. The number of hydrogen-bond donors (Lipinski definition) is 1. The molecule has 1 aliphatic heterocycles. The van der Waals surface area contributed by atoms with Gasteiger partial charge in [0.15, 0.2) is 11.6 Å². The zero-order valence-electron chi connectivity index (χ0n) is 16.8. The molecule has 146 valence electrons. The summed E-state index contributed by atoms with van der Waals surface area (Å²) in [5, 5.41) is 3.14. The third-order valence-corrected chi connectivity index (χ3v) is 4.64. The largest absolute Gasteiger partial charge is 0.444 e. The number of likely N-dealkylation sites (N-methyl/N-ethyl adjacent to an activating group) is 1. The lowest BCUT2D eigenvalue weighted by atomic mass is 10.2. The Bertz CT molecular complexity index is 818. The average molecular weight is 371 g/mol. The number of para-hydroxylation sites is 2. The molecule has 0 spiro atoms. The number of rotatable bonds is 4. The SMILES string of the molecule is CNc1nc2ccccc2nc1N(C)C[C@H]1CCCN1C(=O)OC(C)(C)C. The molecule has 1 N–H and O–H groups in total. The molecule has 0 radical (unpaired) electrons. The Morgan fingerprint density at radius 2 is 1.96 bits per heavy atom. The van der Waals surface area contributed by atoms with Crippen LogP contribution in [0.3, 0.4) is 0 Å². The van der Waals surface area contributed by atoms with Crippen LogP contribution in [0.5, 0.6) is 0 Å². The fourth-order valence-corrected chi connectivity index (χ4v) is 3.41. The number of nitrogens with zero attached hydrogens (tertiary/aromatic N) is 4. The smallest absolute Gasteiger partial charge is 0.410 e. The maximum Gasteiger partial charge on any atom is 0.410 e. The van der Waals surface area contributed by atoms with Crippen molar-refractivity contribution in [1.29, 1.82) is 0 Å². The van der Waals surface area contributed by atoms with Gasteiger partial charge < -0.3 is 19.9 Å². The second kappa shape index (κ2) is 7.58. The maximum absolute atomic E-state index is 12.5. The van der Waals surface area contributed by atoms with Gasteiger partial charge in [0, 0.05) is 27.2 Å². The minimum atomic E-state index is -0.487. The van der Waals surface area contributed by atoms with Gasteiger partial charge in [-0.25, -0.2) is 14.8 Å². The second-order valence-corrected chi connectivity index (χ2v) is 7.98. The van der Waals surface area contributed by atoms with Crippen molar-refractivity contribution in [3.05, 3.63) is 24.3 Å². The number of benzene rings is 1. The van der Waals surface area contributed by atoms with E-state index in [1.165, 1.54) is 0 Å². The number of anilines is 2. The van der Waals surface area contributed by atoms with E-state index in [0.717, 1.165) is 42.1 Å². The van der Waals surface area contributed by atoms with Crippen molar-refractivity contribution in [2.24, 2.45) is 0 Å². The highest BCUT2D eigenvalue weighted by Crippen LogP contribution is 2.27. The van der Waals surface area contributed by atoms with Gasteiger partial charge in [-0.3, -0.25) is 0 Å². The van der Waals surface area contributed by atoms with E-state index in [-0.39, 0.29) is 12.1 Å². The van der Waals surface area contributed by atoms with Gasteiger partial charge in [-0.05, 0) is 45.7 Å². The topological polar surface area (TPSA) is 70.6 Å². The summed E-state index contributed by atoms with van der Waals surface area (Å²) >= 11 is 0. The van der Waals surface area contributed by atoms with Gasteiger partial charge in [0.05, 0.1) is 17.1 Å². The molecule has 1 aromatic heterocycles. The quantitative estimate of drug-likeness (QED) is 0.887. The lowest BCUT2D eigenvalue weighted by Gasteiger charge is -2.31. The zero-order chi connectivity index (χ0) is 19.6. The van der Waals surface area contributed by atoms with Crippen molar-refractivity contribution in [3.63, 3.8) is 0 Å². The number of hydrogen-bond acceptors (Lipinski definition) is 6. The Morgan fingerprint density at radius 3 is 2.59 bits per heavy atom. The van der Waals surface area contributed by atoms with Crippen molar-refractivity contribution in [2.45, 2.75) is 45.3 Å². The molecule has 0 saturated carbocycles. The molecule has 0 bridgehead atoms. The van der Waals surface area contributed by atoms with Gasteiger partial charge >= 0.3 is 6.09 Å². The summed E-state index contributed by atoms with van der Waals surface area (Å²) in [4.78, 5) is 25.9. The van der Waals surface area contributed by atoms with Crippen LogP contribution in [0.4, 0.5) is 16.4 Å². The van der Waals surface area contributed by atoms with Gasteiger partial charge in [-0.15, -0.1) is 0 Å². The predicted octanol–water partition coefficient (Wildman–Crippen LogP) is 3.51. The Labute approximate surface area is 160 Å². The third kappa shape index (κ3) is 4.40. The first-order valence-electron chi connectivity index (χ1n) is 9.44. The van der Waals surface area contributed by atoms with Crippen molar-refractivity contribution in [3.8, 4) is 0 Å². The number of fused-ring (bicyclic) bond motifs is 1. The van der Waals surface area contributed by atoms with Crippen LogP contribution in [0.25, 0.3) is 11.0 Å². The van der Waals surface area contributed by atoms with Crippen molar-refractivity contribution < 1.29 is 9.53 Å². The summed E-state index contributed by atoms with van der Waals surface area (Å²) < 4.78 is 5.57. The normalized spacial score (nSPS) is 17.2. The first-order chi connectivity index (χ1) is 12.8. The molecular formula is C20H29N5O2. The fraction of sp³-hybridized carbons (Fsp3) is 0.550. The van der Waals surface area contributed by atoms with E-state index in [1.54, 1.807) is 0 Å². The first kappa shape index (κ1) is 19.2. The van der Waals surface area contributed by atoms with Gasteiger partial charge in [-0.2, -0.15) is 0 Å². The molecule has 1 saturated heterocycles. The van der Waals surface area contributed by atoms with Crippen LogP contribution in [0.2, 0.25) is 0 Å². The van der Waals surface area contributed by atoms with E-state index >= 15 is 0 Å². The predicted molar refractivity (Wildman–Crippen MR) is 108 cm³/mol. The summed E-state index contributed by atoms with van der Waals surface area (Å²) in [5.41, 5.74) is 1.23. The summed E-state index contributed by atoms with van der Waals surface area (Å²) in [6.07, 6.45) is 1.70. The molecule has 0 unspecified atom stereocenters. The second-order valence-electron chi connectivity index (χ2n) is 7.98. The number of carbonyl (C=O) groups is 1. The summed E-state index contributed by atoms with van der Waals surface area (Å²) in [6, 6.07) is 7.93. The van der Waals surface area contributed by atoms with E-state index in [1.807, 2.05) is 64.0 Å². The van der Waals surface area contributed by atoms with Gasteiger partial charge in [-0.1, -0.05) is 12.1 Å². The Balaban J connectivity index is 1.79. The fourth-order valence-electron chi connectivity index (χ4n) is 3.41. The Kier molecular flexibility index (Phi) is 5.39. The number of nitrogens with one attached hydrogen (secondary N) is 1. The lowest BCUT2D eigenvalue weighted by Crippen LogP contribution is -2.44. The number of carbonyl (C=O) groups excluding carboxylic acids is 1. The highest BCUT2D eigenvalue weighted by molar-refractivity contribution is 5.80. The Hall–Kier alpha value is -2.57. The van der Waals surface area contributed by atoms with Crippen LogP contribution >= 0.6 is 0 Å². The van der Waals surface area contributed by atoms with E-state index in [0.29, 0.717) is 6.54 Å². The van der Waals surface area contributed by atoms with Crippen LogP contribution < -0.4 is 10.2 Å². The molecule has 7 heteroatoms. The van der Waals surface area contributed by atoms with Gasteiger partial charge in [0.25, 0.3) is 0 Å². The lowest BCUT2D eigenvalue weighted by molar-refractivity contribution is 0.0232. The third-order valence-electron chi connectivity index (χ3n) is 4.64. The molecule has 0 aliphatic carbocycles. The minimum Gasteiger partial charge on any atom is -0.444 e. The van der Waals surface area contributed by atoms with Crippen molar-refractivity contribution in [1.82, 2.24) is 14.9 Å². The molecule has 2 heterocycles. The van der Waals surface area contributed by atoms with Crippen LogP contribution in [-0.2, 0) is 4.74 Å². The molecule has 1 amide bonds. The number of amides is 1. The summed E-state index contributed by atoms with van der Waals surface area (Å²) in [6.45, 7) is 7.10. The van der Waals surface area contributed by atoms with Crippen LogP contribution in [0.15, 0.2) is 24.3 Å². The molecule has 1 fully saturated rings. The number of aromatic nitrogens is 2. The highest BCUT2D eigenvalue weighted by Gasteiger charge is 2.33. The van der Waals surface area contributed by atoms with Crippen LogP contribution in [0, 0.1) is 0 Å². The van der Waals surface area contributed by atoms with E-state index in [4.69, 9.17) is 9.72 Å². The first-order valence-corrected chi connectivity index (χ1v) is 9.44. The minimum absolute atomic E-state index is 0.0998. The monoisotopic (exact) mass is 371 g/mol. The van der Waals surface area contributed by atoms with E-state index < -0.39 is 5.60 Å². The molecule has 1 aliphatic rings. The maximum atomic E-state index is 12.5.